The summed E-state index contributed by atoms with van der Waals surface area (Å²) < 4.78 is 26.5. The molecule has 1 aliphatic carbocycles. The maximum atomic E-state index is 12.9. The first kappa shape index (κ1) is 23.1. The van der Waals surface area contributed by atoms with Gasteiger partial charge >= 0.3 is 0 Å². The Hall–Kier alpha value is -2.19. The molecular formula is C21H30N2O5S. The van der Waals surface area contributed by atoms with E-state index >= 15 is 0 Å². The fraction of sp³-hybridized carbons (Fsp3) is 0.524. The van der Waals surface area contributed by atoms with Crippen molar-refractivity contribution in [3.8, 4) is 0 Å². The van der Waals surface area contributed by atoms with Crippen molar-refractivity contribution in [2.24, 2.45) is 5.16 Å². The van der Waals surface area contributed by atoms with E-state index in [1.54, 1.807) is 26.0 Å². The zero-order valence-electron chi connectivity index (χ0n) is 17.9. The van der Waals surface area contributed by atoms with Gasteiger partial charge in [-0.05, 0) is 55.9 Å². The summed E-state index contributed by atoms with van der Waals surface area (Å²) in [4.78, 5) is 18.2. The molecule has 0 spiro atoms. The number of carbonyl (C=O) groups excluding carboxylic acids is 1. The highest BCUT2D eigenvalue weighted by Crippen LogP contribution is 2.39. The van der Waals surface area contributed by atoms with Gasteiger partial charge < -0.3 is 9.94 Å². The van der Waals surface area contributed by atoms with Crippen molar-refractivity contribution < 1.29 is 23.2 Å². The first-order valence-electron chi connectivity index (χ1n) is 9.73. The van der Waals surface area contributed by atoms with Crippen LogP contribution in [-0.4, -0.2) is 50.0 Å². The third-order valence-electron chi connectivity index (χ3n) is 5.22. The highest BCUT2D eigenvalue weighted by atomic mass is 32.2. The van der Waals surface area contributed by atoms with Gasteiger partial charge in [0.15, 0.2) is 5.78 Å². The van der Waals surface area contributed by atoms with Crippen LogP contribution in [0.1, 0.15) is 55.7 Å². The van der Waals surface area contributed by atoms with E-state index in [4.69, 9.17) is 4.84 Å². The molecule has 1 N–H and O–H groups in total. The van der Waals surface area contributed by atoms with E-state index in [1.165, 1.54) is 18.4 Å². The topological polar surface area (TPSA) is 96.3 Å². The van der Waals surface area contributed by atoms with Crippen LogP contribution in [0.2, 0.25) is 0 Å². The number of sulfonamides is 1. The minimum Gasteiger partial charge on any atom is -0.511 e. The number of allylic oxidation sites excluding steroid dienone is 2. The molecule has 0 bridgehead atoms. The predicted molar refractivity (Wildman–Crippen MR) is 113 cm³/mol. The van der Waals surface area contributed by atoms with Gasteiger partial charge in [-0.25, -0.2) is 12.7 Å². The summed E-state index contributed by atoms with van der Waals surface area (Å²) in [6.07, 6.45) is 0.890. The number of oxime groups is 1. The lowest BCUT2D eigenvalue weighted by atomic mass is 9.78. The Kier molecular flexibility index (Phi) is 7.24. The molecule has 0 fully saturated rings. The van der Waals surface area contributed by atoms with Crippen LogP contribution in [0.15, 0.2) is 33.5 Å². The van der Waals surface area contributed by atoms with Gasteiger partial charge in [0.2, 0.25) is 10.0 Å². The number of benzene rings is 1. The van der Waals surface area contributed by atoms with Crippen LogP contribution >= 0.6 is 0 Å². The van der Waals surface area contributed by atoms with Crippen molar-refractivity contribution in [1.82, 2.24) is 4.31 Å². The molecule has 1 aliphatic rings. The number of rotatable bonds is 7. The molecule has 2 rings (SSSR count). The molecule has 1 atom stereocenters. The zero-order valence-corrected chi connectivity index (χ0v) is 18.8. The molecular weight excluding hydrogens is 392 g/mol. The number of carbonyl (C=O) groups is 1. The standard InChI is InChI=1S/C21H30N2O5S/c1-7-16(22-28-8-2)21-17(24)11-15(12-18(21)25)20-13(3)9-10-19(14(20)4)29(26,27)23(5)6/h9-10,15,24H,7-8,11-12H2,1-6H3/b22-16-. The van der Waals surface area contributed by atoms with Crippen molar-refractivity contribution in [3.05, 3.63) is 40.2 Å². The molecule has 0 heterocycles. The molecule has 0 saturated heterocycles. The van der Waals surface area contributed by atoms with E-state index < -0.39 is 10.0 Å². The summed E-state index contributed by atoms with van der Waals surface area (Å²) in [6.45, 7) is 7.67. The molecule has 1 aromatic rings. The molecule has 0 amide bonds. The van der Waals surface area contributed by atoms with Crippen molar-refractivity contribution in [2.45, 2.75) is 57.8 Å². The van der Waals surface area contributed by atoms with Crippen LogP contribution in [-0.2, 0) is 19.7 Å². The minimum absolute atomic E-state index is 0.0220. The average molecular weight is 423 g/mol. The molecule has 7 nitrogen and oxygen atoms in total. The second-order valence-corrected chi connectivity index (χ2v) is 9.49. The summed E-state index contributed by atoms with van der Waals surface area (Å²) in [5.41, 5.74) is 2.97. The fourth-order valence-corrected chi connectivity index (χ4v) is 4.93. The molecule has 0 radical (unpaired) electrons. The molecule has 8 heteroatoms. The number of aryl methyl sites for hydroxylation is 1. The Labute approximate surface area is 173 Å². The number of hydrogen-bond acceptors (Lipinski definition) is 6. The maximum absolute atomic E-state index is 12.9. The van der Waals surface area contributed by atoms with Gasteiger partial charge in [0, 0.05) is 26.9 Å². The third kappa shape index (κ3) is 4.53. The second kappa shape index (κ2) is 9.09. The van der Waals surface area contributed by atoms with Gasteiger partial charge in [-0.1, -0.05) is 18.1 Å². The monoisotopic (exact) mass is 422 g/mol. The van der Waals surface area contributed by atoms with Gasteiger partial charge in [0.05, 0.1) is 16.2 Å². The van der Waals surface area contributed by atoms with Gasteiger partial charge in [0.1, 0.15) is 12.4 Å². The zero-order chi connectivity index (χ0) is 21.9. The van der Waals surface area contributed by atoms with Crippen LogP contribution < -0.4 is 0 Å². The number of nitrogens with zero attached hydrogens (tertiary/aromatic N) is 2. The Morgan fingerprint density at radius 2 is 1.90 bits per heavy atom. The summed E-state index contributed by atoms with van der Waals surface area (Å²) >= 11 is 0. The van der Waals surface area contributed by atoms with Crippen LogP contribution in [0.5, 0.6) is 0 Å². The smallest absolute Gasteiger partial charge is 0.242 e. The number of ketones is 1. The van der Waals surface area contributed by atoms with Crippen molar-refractivity contribution in [2.75, 3.05) is 20.7 Å². The fourth-order valence-electron chi connectivity index (χ4n) is 3.80. The normalized spacial score (nSPS) is 18.5. The largest absolute Gasteiger partial charge is 0.511 e. The van der Waals surface area contributed by atoms with E-state index in [1.807, 2.05) is 13.8 Å². The predicted octanol–water partition coefficient (Wildman–Crippen LogP) is 3.61. The van der Waals surface area contributed by atoms with Gasteiger partial charge in [-0.3, -0.25) is 4.79 Å². The first-order valence-corrected chi connectivity index (χ1v) is 11.2. The van der Waals surface area contributed by atoms with Gasteiger partial charge in [0.25, 0.3) is 0 Å². The Morgan fingerprint density at radius 1 is 1.24 bits per heavy atom. The van der Waals surface area contributed by atoms with Crippen molar-refractivity contribution in [1.29, 1.82) is 0 Å². The van der Waals surface area contributed by atoms with Crippen LogP contribution in [0.4, 0.5) is 0 Å². The van der Waals surface area contributed by atoms with Gasteiger partial charge in [-0.15, -0.1) is 0 Å². The highest BCUT2D eigenvalue weighted by molar-refractivity contribution is 7.89. The second-order valence-electron chi connectivity index (χ2n) is 7.37. The maximum Gasteiger partial charge on any atom is 0.242 e. The summed E-state index contributed by atoms with van der Waals surface area (Å²) in [6, 6.07) is 3.35. The Morgan fingerprint density at radius 3 is 2.41 bits per heavy atom. The summed E-state index contributed by atoms with van der Waals surface area (Å²) in [5.74, 6) is -0.529. The lowest BCUT2D eigenvalue weighted by molar-refractivity contribution is -0.116. The number of Topliss-reactive ketones (excluding diaryl/α,β-unsaturated/α-hetero) is 1. The third-order valence-corrected chi connectivity index (χ3v) is 7.18. The minimum atomic E-state index is -3.61. The molecule has 160 valence electrons. The van der Waals surface area contributed by atoms with E-state index in [-0.39, 0.29) is 40.8 Å². The lowest BCUT2D eigenvalue weighted by Gasteiger charge is -2.28. The molecule has 1 unspecified atom stereocenters. The van der Waals surface area contributed by atoms with E-state index in [2.05, 4.69) is 5.16 Å². The van der Waals surface area contributed by atoms with E-state index in [9.17, 15) is 18.3 Å². The SMILES string of the molecule is CCO/N=C(/CC)C1=C(O)CC(c2c(C)ccc(S(=O)(=O)N(C)C)c2C)CC1=O. The lowest BCUT2D eigenvalue weighted by Crippen LogP contribution is -2.26. The molecule has 29 heavy (non-hydrogen) atoms. The molecule has 0 saturated carbocycles. The number of hydrogen-bond donors (Lipinski definition) is 1. The van der Waals surface area contributed by atoms with E-state index in [0.29, 0.717) is 24.3 Å². The summed E-state index contributed by atoms with van der Waals surface area (Å²) in [7, 11) is -0.634. The van der Waals surface area contributed by atoms with Gasteiger partial charge in [-0.2, -0.15) is 0 Å². The first-order chi connectivity index (χ1) is 13.6. The average Bonchev–Trinajstić information content (AvgIpc) is 2.63. The van der Waals surface area contributed by atoms with Crippen LogP contribution in [0.25, 0.3) is 0 Å². The van der Waals surface area contributed by atoms with E-state index in [0.717, 1.165) is 11.1 Å². The molecule has 1 aromatic carbocycles. The summed E-state index contributed by atoms with van der Waals surface area (Å²) in [5, 5.41) is 14.6. The molecule has 0 aliphatic heterocycles. The van der Waals surface area contributed by atoms with Crippen LogP contribution in [0, 0.1) is 13.8 Å². The van der Waals surface area contributed by atoms with Crippen LogP contribution in [0.3, 0.4) is 0 Å². The quantitative estimate of drug-likeness (QED) is 0.535. The Bertz CT molecular complexity index is 962. The van der Waals surface area contributed by atoms with Crippen molar-refractivity contribution in [3.63, 3.8) is 0 Å². The number of aliphatic hydroxyl groups is 1. The number of aliphatic hydroxyl groups excluding tert-OH is 1. The Balaban J connectivity index is 2.53. The highest BCUT2D eigenvalue weighted by Gasteiger charge is 2.34. The molecule has 0 aromatic heterocycles. The van der Waals surface area contributed by atoms with Crippen molar-refractivity contribution >= 4 is 21.5 Å².